The number of rotatable bonds is 7. The number of amides is 1. The van der Waals surface area contributed by atoms with Gasteiger partial charge in [-0.15, -0.1) is 12.4 Å². The summed E-state index contributed by atoms with van der Waals surface area (Å²) in [6, 6.07) is 15.4. The summed E-state index contributed by atoms with van der Waals surface area (Å²) in [6.07, 6.45) is 2.15. The first-order valence-corrected chi connectivity index (χ1v) is 10.7. The van der Waals surface area contributed by atoms with Crippen LogP contribution in [0.25, 0.3) is 0 Å². The molecule has 152 valence electrons. The maximum absolute atomic E-state index is 13.1. The fraction of sp³-hybridized carbons (Fsp3) is 0.350. The second-order valence-corrected chi connectivity index (χ2v) is 8.40. The van der Waals surface area contributed by atoms with Crippen LogP contribution in [-0.2, 0) is 10.0 Å². The molecular weight excluding hydrogens is 398 g/mol. The number of nitrogens with zero attached hydrogens (tertiary/aromatic N) is 1. The number of benzene rings is 2. The van der Waals surface area contributed by atoms with Gasteiger partial charge in [-0.2, -0.15) is 0 Å². The Balaban J connectivity index is 0.00000280. The number of hydrogen-bond donors (Lipinski definition) is 2. The zero-order valence-corrected chi connectivity index (χ0v) is 17.4. The summed E-state index contributed by atoms with van der Waals surface area (Å²) >= 11 is 0. The third kappa shape index (κ3) is 5.04. The standard InChI is InChI=1S/C20H25N3O3S.ClH/c1-2-23(18-10-4-3-5-11-18)27(25,26)19-12-6-8-16(14-19)20(24)22-15-17-9-7-13-21-17;/h3-6,8,10-12,14,17,21H,2,7,9,13,15H2,1H3,(H,22,24);1H. The van der Waals surface area contributed by atoms with Crippen LogP contribution in [0.2, 0.25) is 0 Å². The van der Waals surface area contributed by atoms with Gasteiger partial charge < -0.3 is 10.6 Å². The molecule has 0 aliphatic carbocycles. The van der Waals surface area contributed by atoms with Crippen LogP contribution < -0.4 is 14.9 Å². The van der Waals surface area contributed by atoms with E-state index in [2.05, 4.69) is 10.6 Å². The molecule has 1 aliphatic rings. The first-order valence-electron chi connectivity index (χ1n) is 9.22. The summed E-state index contributed by atoms with van der Waals surface area (Å²) in [5.74, 6) is -0.261. The molecule has 0 saturated carbocycles. The third-order valence-corrected chi connectivity index (χ3v) is 6.59. The summed E-state index contributed by atoms with van der Waals surface area (Å²) in [5.41, 5.74) is 0.945. The molecular formula is C20H26ClN3O3S. The summed E-state index contributed by atoms with van der Waals surface area (Å²) in [5, 5.41) is 6.21. The zero-order valence-electron chi connectivity index (χ0n) is 15.8. The van der Waals surface area contributed by atoms with Gasteiger partial charge in [-0.05, 0) is 56.6 Å². The second kappa shape index (κ2) is 9.91. The average Bonchev–Trinajstić information content (AvgIpc) is 3.21. The van der Waals surface area contributed by atoms with E-state index in [1.54, 1.807) is 43.3 Å². The van der Waals surface area contributed by atoms with E-state index in [9.17, 15) is 13.2 Å². The number of sulfonamides is 1. The molecule has 0 spiro atoms. The van der Waals surface area contributed by atoms with Crippen LogP contribution in [0.4, 0.5) is 5.69 Å². The second-order valence-electron chi connectivity index (χ2n) is 6.54. The topological polar surface area (TPSA) is 78.5 Å². The molecule has 3 rings (SSSR count). The Morgan fingerprint density at radius 2 is 1.93 bits per heavy atom. The van der Waals surface area contributed by atoms with Crippen LogP contribution in [0.1, 0.15) is 30.1 Å². The molecule has 1 unspecified atom stereocenters. The molecule has 1 heterocycles. The lowest BCUT2D eigenvalue weighted by Gasteiger charge is -2.23. The van der Waals surface area contributed by atoms with Crippen LogP contribution in [0.5, 0.6) is 0 Å². The maximum Gasteiger partial charge on any atom is 0.264 e. The van der Waals surface area contributed by atoms with Gasteiger partial charge in [-0.1, -0.05) is 24.3 Å². The van der Waals surface area contributed by atoms with E-state index >= 15 is 0 Å². The van der Waals surface area contributed by atoms with Crippen LogP contribution in [-0.4, -0.2) is 40.0 Å². The van der Waals surface area contributed by atoms with Gasteiger partial charge in [-0.25, -0.2) is 8.42 Å². The molecule has 2 aromatic carbocycles. The molecule has 1 aliphatic heterocycles. The Labute approximate surface area is 172 Å². The number of para-hydroxylation sites is 1. The number of carbonyl (C=O) groups is 1. The van der Waals surface area contributed by atoms with Gasteiger partial charge >= 0.3 is 0 Å². The van der Waals surface area contributed by atoms with Crippen molar-refractivity contribution in [1.29, 1.82) is 0 Å². The quantitative estimate of drug-likeness (QED) is 0.717. The van der Waals surface area contributed by atoms with E-state index in [1.807, 2.05) is 6.07 Å². The van der Waals surface area contributed by atoms with Gasteiger partial charge in [-0.3, -0.25) is 9.10 Å². The first-order chi connectivity index (χ1) is 13.0. The predicted molar refractivity (Wildman–Crippen MR) is 114 cm³/mol. The highest BCUT2D eigenvalue weighted by Crippen LogP contribution is 2.23. The fourth-order valence-electron chi connectivity index (χ4n) is 3.26. The molecule has 0 bridgehead atoms. The molecule has 6 nitrogen and oxygen atoms in total. The van der Waals surface area contributed by atoms with Crippen LogP contribution in [0.15, 0.2) is 59.5 Å². The van der Waals surface area contributed by atoms with Crippen molar-refractivity contribution in [2.45, 2.75) is 30.7 Å². The smallest absolute Gasteiger partial charge is 0.264 e. The van der Waals surface area contributed by atoms with Crippen molar-refractivity contribution in [1.82, 2.24) is 10.6 Å². The van der Waals surface area contributed by atoms with Gasteiger partial charge in [0.25, 0.3) is 15.9 Å². The Bertz CT molecular complexity index is 885. The summed E-state index contributed by atoms with van der Waals surface area (Å²) in [7, 11) is -3.75. The highest BCUT2D eigenvalue weighted by molar-refractivity contribution is 7.92. The normalized spacial score (nSPS) is 16.2. The van der Waals surface area contributed by atoms with Gasteiger partial charge in [0, 0.05) is 24.7 Å². The largest absolute Gasteiger partial charge is 0.350 e. The van der Waals surface area contributed by atoms with E-state index < -0.39 is 10.0 Å². The molecule has 0 radical (unpaired) electrons. The molecule has 2 N–H and O–H groups in total. The van der Waals surface area contributed by atoms with Crippen molar-refractivity contribution in [3.63, 3.8) is 0 Å². The van der Waals surface area contributed by atoms with Gasteiger partial charge in [0.2, 0.25) is 0 Å². The molecule has 28 heavy (non-hydrogen) atoms. The van der Waals surface area contributed by atoms with Gasteiger partial charge in [0.15, 0.2) is 0 Å². The molecule has 1 fully saturated rings. The lowest BCUT2D eigenvalue weighted by atomic mass is 10.2. The first kappa shape index (κ1) is 22.2. The van der Waals surface area contributed by atoms with E-state index in [4.69, 9.17) is 0 Å². The average molecular weight is 424 g/mol. The highest BCUT2D eigenvalue weighted by atomic mass is 35.5. The maximum atomic E-state index is 13.1. The number of halogens is 1. The molecule has 1 atom stereocenters. The Kier molecular flexibility index (Phi) is 7.86. The van der Waals surface area contributed by atoms with E-state index in [-0.39, 0.29) is 29.3 Å². The lowest BCUT2D eigenvalue weighted by molar-refractivity contribution is 0.0950. The van der Waals surface area contributed by atoms with Crippen molar-refractivity contribution >= 4 is 34.0 Å². The molecule has 1 amide bonds. The van der Waals surface area contributed by atoms with Gasteiger partial charge in [0.05, 0.1) is 10.6 Å². The highest BCUT2D eigenvalue weighted by Gasteiger charge is 2.24. The Morgan fingerprint density at radius 3 is 2.57 bits per heavy atom. The van der Waals surface area contributed by atoms with Crippen molar-refractivity contribution in [2.75, 3.05) is 23.9 Å². The SMILES string of the molecule is CCN(c1ccccc1)S(=O)(=O)c1cccc(C(=O)NCC2CCCN2)c1.Cl. The van der Waals surface area contributed by atoms with Crippen molar-refractivity contribution in [2.24, 2.45) is 0 Å². The van der Waals surface area contributed by atoms with Crippen LogP contribution in [0.3, 0.4) is 0 Å². The summed E-state index contributed by atoms with van der Waals surface area (Å²) in [4.78, 5) is 12.6. The summed E-state index contributed by atoms with van der Waals surface area (Å²) in [6.45, 7) is 3.60. The van der Waals surface area contributed by atoms with E-state index in [0.29, 0.717) is 24.3 Å². The molecule has 8 heteroatoms. The minimum absolute atomic E-state index is 0. The minimum atomic E-state index is -3.75. The lowest BCUT2D eigenvalue weighted by Crippen LogP contribution is -2.37. The monoisotopic (exact) mass is 423 g/mol. The fourth-order valence-corrected chi connectivity index (χ4v) is 4.78. The van der Waals surface area contributed by atoms with Crippen molar-refractivity contribution in [3.05, 3.63) is 60.2 Å². The molecule has 1 saturated heterocycles. The van der Waals surface area contributed by atoms with Crippen LogP contribution >= 0.6 is 12.4 Å². The van der Waals surface area contributed by atoms with Crippen LogP contribution in [0, 0.1) is 0 Å². The summed E-state index contributed by atoms with van der Waals surface area (Å²) < 4.78 is 27.5. The molecule has 2 aromatic rings. The molecule has 0 aromatic heterocycles. The Morgan fingerprint density at radius 1 is 1.18 bits per heavy atom. The predicted octanol–water partition coefficient (Wildman–Crippen LogP) is 2.81. The Hall–Kier alpha value is -2.09. The van der Waals surface area contributed by atoms with Crippen molar-refractivity contribution in [3.8, 4) is 0 Å². The number of carbonyl (C=O) groups excluding carboxylic acids is 1. The third-order valence-electron chi connectivity index (χ3n) is 4.69. The van der Waals surface area contributed by atoms with Crippen molar-refractivity contribution < 1.29 is 13.2 Å². The number of hydrogen-bond acceptors (Lipinski definition) is 4. The minimum Gasteiger partial charge on any atom is -0.350 e. The number of anilines is 1. The zero-order chi connectivity index (χ0) is 19.3. The van der Waals surface area contributed by atoms with Gasteiger partial charge in [0.1, 0.15) is 0 Å². The number of nitrogens with one attached hydrogen (secondary N) is 2. The van der Waals surface area contributed by atoms with E-state index in [1.165, 1.54) is 16.4 Å². The van der Waals surface area contributed by atoms with E-state index in [0.717, 1.165) is 19.4 Å².